The highest BCUT2D eigenvalue weighted by Crippen LogP contribution is 2.27. The van der Waals surface area contributed by atoms with Gasteiger partial charge in [0.15, 0.2) is 0 Å². The van der Waals surface area contributed by atoms with Crippen LogP contribution in [0.15, 0.2) is 35.2 Å². The van der Waals surface area contributed by atoms with Gasteiger partial charge < -0.3 is 5.11 Å². The van der Waals surface area contributed by atoms with Crippen molar-refractivity contribution >= 4 is 17.7 Å². The number of hydrogen-bond acceptors (Lipinski definition) is 2. The number of carbonyl (C=O) groups is 1. The maximum atomic E-state index is 11.2. The van der Waals surface area contributed by atoms with Crippen molar-refractivity contribution in [1.82, 2.24) is 0 Å². The number of unbranched alkanes of at least 4 members (excludes halogenated alkanes) is 1. The van der Waals surface area contributed by atoms with Crippen molar-refractivity contribution in [1.29, 1.82) is 0 Å². The Labute approximate surface area is 114 Å². The van der Waals surface area contributed by atoms with Gasteiger partial charge >= 0.3 is 5.97 Å². The molecule has 0 aliphatic carbocycles. The lowest BCUT2D eigenvalue weighted by atomic mass is 10.0. The Morgan fingerprint density at radius 3 is 2.33 bits per heavy atom. The van der Waals surface area contributed by atoms with Crippen LogP contribution in [0.1, 0.15) is 39.5 Å². The monoisotopic (exact) mass is 266 g/mol. The Kier molecular flexibility index (Phi) is 6.88. The number of carboxylic acid groups (broad SMARTS) is 1. The Balaban J connectivity index is 2.39. The smallest absolute Gasteiger partial charge is 0.316 e. The molecule has 0 heterocycles. The van der Waals surface area contributed by atoms with E-state index < -0.39 is 5.97 Å². The topological polar surface area (TPSA) is 37.3 Å². The second kappa shape index (κ2) is 8.20. The van der Waals surface area contributed by atoms with Gasteiger partial charge in [-0.1, -0.05) is 51.3 Å². The van der Waals surface area contributed by atoms with Crippen molar-refractivity contribution in [3.63, 3.8) is 0 Å². The molecule has 18 heavy (non-hydrogen) atoms. The predicted molar refractivity (Wildman–Crippen MR) is 77.0 cm³/mol. The van der Waals surface area contributed by atoms with Crippen molar-refractivity contribution < 1.29 is 9.90 Å². The number of benzene rings is 1. The number of aliphatic carboxylic acids is 1. The standard InChI is InChI=1S/C15H22O2S/c1-12(2)8-6-7-11-14(15(16)17)18-13-9-4-3-5-10-13/h3-5,9-10,12,14H,6-8,11H2,1-2H3,(H,16,17). The van der Waals surface area contributed by atoms with E-state index in [0.29, 0.717) is 5.92 Å². The van der Waals surface area contributed by atoms with Crippen LogP contribution in [0.5, 0.6) is 0 Å². The molecular formula is C15H22O2S. The van der Waals surface area contributed by atoms with E-state index in [4.69, 9.17) is 0 Å². The van der Waals surface area contributed by atoms with E-state index in [9.17, 15) is 9.90 Å². The summed E-state index contributed by atoms with van der Waals surface area (Å²) in [6.45, 7) is 4.40. The summed E-state index contributed by atoms with van der Waals surface area (Å²) in [6.07, 6.45) is 4.05. The summed E-state index contributed by atoms with van der Waals surface area (Å²) in [5.74, 6) is 0.00320. The summed E-state index contributed by atoms with van der Waals surface area (Å²) >= 11 is 1.46. The fraction of sp³-hybridized carbons (Fsp3) is 0.533. The van der Waals surface area contributed by atoms with Crippen molar-refractivity contribution in [2.24, 2.45) is 5.92 Å². The van der Waals surface area contributed by atoms with Crippen LogP contribution < -0.4 is 0 Å². The van der Waals surface area contributed by atoms with Gasteiger partial charge in [-0.15, -0.1) is 11.8 Å². The van der Waals surface area contributed by atoms with Crippen LogP contribution in [0.2, 0.25) is 0 Å². The third kappa shape index (κ3) is 6.10. The molecule has 1 atom stereocenters. The van der Waals surface area contributed by atoms with Gasteiger partial charge in [-0.2, -0.15) is 0 Å². The highest BCUT2D eigenvalue weighted by Gasteiger charge is 2.18. The van der Waals surface area contributed by atoms with Crippen LogP contribution in [0.4, 0.5) is 0 Å². The molecule has 0 aromatic heterocycles. The van der Waals surface area contributed by atoms with E-state index in [1.807, 2.05) is 30.3 Å². The number of thioether (sulfide) groups is 1. The Hall–Kier alpha value is -0.960. The molecule has 0 bridgehead atoms. The van der Waals surface area contributed by atoms with E-state index in [1.165, 1.54) is 18.2 Å². The zero-order valence-electron chi connectivity index (χ0n) is 11.1. The van der Waals surface area contributed by atoms with Gasteiger partial charge in [0.1, 0.15) is 5.25 Å². The highest BCUT2D eigenvalue weighted by molar-refractivity contribution is 8.00. The number of hydrogen-bond donors (Lipinski definition) is 1. The van der Waals surface area contributed by atoms with E-state index in [0.717, 1.165) is 24.2 Å². The Morgan fingerprint density at radius 2 is 1.78 bits per heavy atom. The maximum absolute atomic E-state index is 11.2. The molecule has 1 N–H and O–H groups in total. The fourth-order valence-electron chi connectivity index (χ4n) is 1.78. The lowest BCUT2D eigenvalue weighted by molar-refractivity contribution is -0.136. The minimum Gasteiger partial charge on any atom is -0.480 e. The summed E-state index contributed by atoms with van der Waals surface area (Å²) in [6, 6.07) is 9.77. The van der Waals surface area contributed by atoms with Gasteiger partial charge in [0, 0.05) is 4.90 Å². The van der Waals surface area contributed by atoms with Crippen molar-refractivity contribution in [3.05, 3.63) is 30.3 Å². The molecule has 2 nitrogen and oxygen atoms in total. The summed E-state index contributed by atoms with van der Waals surface area (Å²) < 4.78 is 0. The zero-order chi connectivity index (χ0) is 13.4. The molecule has 1 rings (SSSR count). The van der Waals surface area contributed by atoms with Gasteiger partial charge in [0.05, 0.1) is 0 Å². The highest BCUT2D eigenvalue weighted by atomic mass is 32.2. The lowest BCUT2D eigenvalue weighted by Crippen LogP contribution is -2.16. The minimum absolute atomic E-state index is 0.320. The lowest BCUT2D eigenvalue weighted by Gasteiger charge is -2.12. The summed E-state index contributed by atoms with van der Waals surface area (Å²) in [4.78, 5) is 12.2. The quantitative estimate of drug-likeness (QED) is 0.558. The molecule has 100 valence electrons. The molecule has 0 saturated heterocycles. The van der Waals surface area contributed by atoms with Crippen LogP contribution in [0.25, 0.3) is 0 Å². The van der Waals surface area contributed by atoms with Crippen LogP contribution in [0.3, 0.4) is 0 Å². The van der Waals surface area contributed by atoms with Crippen LogP contribution in [-0.4, -0.2) is 16.3 Å². The summed E-state index contributed by atoms with van der Waals surface area (Å²) in [5.41, 5.74) is 0. The van der Waals surface area contributed by atoms with E-state index in [1.54, 1.807) is 0 Å². The van der Waals surface area contributed by atoms with Gasteiger partial charge in [-0.25, -0.2) is 0 Å². The first-order valence-corrected chi connectivity index (χ1v) is 7.42. The summed E-state index contributed by atoms with van der Waals surface area (Å²) in [5, 5.41) is 8.90. The Morgan fingerprint density at radius 1 is 1.17 bits per heavy atom. The first-order valence-electron chi connectivity index (χ1n) is 6.54. The molecule has 0 amide bonds. The minimum atomic E-state index is -0.701. The first kappa shape index (κ1) is 15.1. The third-order valence-electron chi connectivity index (χ3n) is 2.79. The molecule has 3 heteroatoms. The molecule has 0 saturated carbocycles. The molecule has 0 spiro atoms. The SMILES string of the molecule is CC(C)CCCCC(Sc1ccccc1)C(=O)O. The molecule has 0 radical (unpaired) electrons. The van der Waals surface area contributed by atoms with Crippen LogP contribution >= 0.6 is 11.8 Å². The third-order valence-corrected chi connectivity index (χ3v) is 4.06. The van der Waals surface area contributed by atoms with Crippen LogP contribution in [-0.2, 0) is 4.79 Å². The number of carboxylic acids is 1. The van der Waals surface area contributed by atoms with Gasteiger partial charge in [-0.05, 0) is 24.5 Å². The molecule has 1 unspecified atom stereocenters. The van der Waals surface area contributed by atoms with Crippen molar-refractivity contribution in [3.8, 4) is 0 Å². The van der Waals surface area contributed by atoms with E-state index in [2.05, 4.69) is 13.8 Å². The molecular weight excluding hydrogens is 244 g/mol. The molecule has 1 aromatic carbocycles. The second-order valence-electron chi connectivity index (χ2n) is 4.94. The molecule has 0 aliphatic rings. The normalized spacial score (nSPS) is 12.6. The number of rotatable bonds is 8. The van der Waals surface area contributed by atoms with E-state index in [-0.39, 0.29) is 5.25 Å². The van der Waals surface area contributed by atoms with Gasteiger partial charge in [0.25, 0.3) is 0 Å². The zero-order valence-corrected chi connectivity index (χ0v) is 12.0. The fourth-order valence-corrected chi connectivity index (χ4v) is 2.81. The predicted octanol–water partition coefficient (Wildman–Crippen LogP) is 4.45. The van der Waals surface area contributed by atoms with Crippen LogP contribution in [0, 0.1) is 5.92 Å². The molecule has 0 aliphatic heterocycles. The summed E-state index contributed by atoms with van der Waals surface area (Å²) in [7, 11) is 0. The average molecular weight is 266 g/mol. The van der Waals surface area contributed by atoms with E-state index >= 15 is 0 Å². The second-order valence-corrected chi connectivity index (χ2v) is 6.21. The van der Waals surface area contributed by atoms with Crippen molar-refractivity contribution in [2.45, 2.75) is 49.7 Å². The maximum Gasteiger partial charge on any atom is 0.316 e. The molecule has 0 fully saturated rings. The van der Waals surface area contributed by atoms with Gasteiger partial charge in [-0.3, -0.25) is 4.79 Å². The average Bonchev–Trinajstić information content (AvgIpc) is 2.33. The molecule has 1 aromatic rings. The largest absolute Gasteiger partial charge is 0.480 e. The Bertz CT molecular complexity index is 349. The van der Waals surface area contributed by atoms with Gasteiger partial charge in [0.2, 0.25) is 0 Å². The van der Waals surface area contributed by atoms with Crippen molar-refractivity contribution in [2.75, 3.05) is 0 Å². The first-order chi connectivity index (χ1) is 8.59.